The largest absolute Gasteiger partial charge is 0.506 e. The Balaban J connectivity index is 1.88. The molecular weight excluding hydrogens is 204 g/mol. The van der Waals surface area contributed by atoms with Gasteiger partial charge in [-0.25, -0.2) is 0 Å². The van der Waals surface area contributed by atoms with Crippen molar-refractivity contribution >= 4 is 0 Å². The maximum absolute atomic E-state index is 9.12. The lowest BCUT2D eigenvalue weighted by atomic mass is 9.92. The lowest BCUT2D eigenvalue weighted by Gasteiger charge is -2.34. The average Bonchev–Trinajstić information content (AvgIpc) is 2.29. The van der Waals surface area contributed by atoms with Crippen molar-refractivity contribution in [2.75, 3.05) is 13.2 Å². The molecule has 2 heterocycles. The van der Waals surface area contributed by atoms with Crippen molar-refractivity contribution in [3.05, 3.63) is 24.0 Å². The quantitative estimate of drug-likeness (QED) is 0.812. The molecule has 0 saturated carbocycles. The summed E-state index contributed by atoms with van der Waals surface area (Å²) in [7, 11) is 0. The van der Waals surface area contributed by atoms with Crippen LogP contribution in [-0.4, -0.2) is 28.8 Å². The summed E-state index contributed by atoms with van der Waals surface area (Å²) in [6, 6.07) is 3.50. The number of nitrogens with one attached hydrogen (secondary N) is 1. The summed E-state index contributed by atoms with van der Waals surface area (Å²) in [6.45, 7) is 4.60. The van der Waals surface area contributed by atoms with Crippen molar-refractivity contribution < 1.29 is 9.84 Å². The van der Waals surface area contributed by atoms with Crippen LogP contribution in [0.3, 0.4) is 0 Å². The van der Waals surface area contributed by atoms with Crippen LogP contribution in [-0.2, 0) is 11.3 Å². The standard InChI is InChI=1S/C12H18N2O2/c1-12(4-6-16-7-5-12)14-8-10-2-3-11(15)9-13-10/h2-3,9,14-15H,4-8H2,1H3. The normalized spacial score (nSPS) is 19.6. The summed E-state index contributed by atoms with van der Waals surface area (Å²) >= 11 is 0. The van der Waals surface area contributed by atoms with Gasteiger partial charge in [-0.05, 0) is 31.9 Å². The lowest BCUT2D eigenvalue weighted by Crippen LogP contribution is -2.46. The number of pyridine rings is 1. The third kappa shape index (κ3) is 2.93. The Labute approximate surface area is 95.7 Å². The first-order chi connectivity index (χ1) is 7.68. The zero-order chi connectivity index (χ0) is 11.4. The van der Waals surface area contributed by atoms with Gasteiger partial charge < -0.3 is 15.2 Å². The van der Waals surface area contributed by atoms with E-state index in [1.165, 1.54) is 6.20 Å². The second-order valence-electron chi connectivity index (χ2n) is 4.53. The highest BCUT2D eigenvalue weighted by molar-refractivity contribution is 5.17. The molecule has 16 heavy (non-hydrogen) atoms. The maximum atomic E-state index is 9.12. The summed E-state index contributed by atoms with van der Waals surface area (Å²) in [5, 5.41) is 12.6. The van der Waals surface area contributed by atoms with Crippen LogP contribution >= 0.6 is 0 Å². The fraction of sp³-hybridized carbons (Fsp3) is 0.583. The van der Waals surface area contributed by atoms with E-state index in [2.05, 4.69) is 17.2 Å². The SMILES string of the molecule is CC1(NCc2ccc(O)cn2)CCOCC1. The van der Waals surface area contributed by atoms with Crippen LogP contribution in [0.4, 0.5) is 0 Å². The zero-order valence-electron chi connectivity index (χ0n) is 9.57. The Kier molecular flexibility index (Phi) is 3.41. The molecule has 1 aliphatic rings. The second-order valence-corrected chi connectivity index (χ2v) is 4.53. The number of nitrogens with zero attached hydrogens (tertiary/aromatic N) is 1. The number of rotatable bonds is 3. The maximum Gasteiger partial charge on any atom is 0.133 e. The van der Waals surface area contributed by atoms with Gasteiger partial charge in [0.2, 0.25) is 0 Å². The molecule has 1 aliphatic heterocycles. The van der Waals surface area contributed by atoms with Crippen LogP contribution < -0.4 is 5.32 Å². The monoisotopic (exact) mass is 222 g/mol. The van der Waals surface area contributed by atoms with Crippen molar-refractivity contribution in [2.45, 2.75) is 31.8 Å². The summed E-state index contributed by atoms with van der Waals surface area (Å²) in [6.07, 6.45) is 3.54. The molecule has 1 aromatic heterocycles. The first-order valence-electron chi connectivity index (χ1n) is 5.65. The van der Waals surface area contributed by atoms with Gasteiger partial charge in [-0.15, -0.1) is 0 Å². The highest BCUT2D eigenvalue weighted by Crippen LogP contribution is 2.20. The van der Waals surface area contributed by atoms with E-state index in [4.69, 9.17) is 9.84 Å². The highest BCUT2D eigenvalue weighted by atomic mass is 16.5. The van der Waals surface area contributed by atoms with Crippen LogP contribution in [0.25, 0.3) is 0 Å². The number of aromatic nitrogens is 1. The van der Waals surface area contributed by atoms with Gasteiger partial charge in [-0.2, -0.15) is 0 Å². The predicted octanol–water partition coefficient (Wildman–Crippen LogP) is 1.45. The minimum Gasteiger partial charge on any atom is -0.506 e. The average molecular weight is 222 g/mol. The highest BCUT2D eigenvalue weighted by Gasteiger charge is 2.26. The van der Waals surface area contributed by atoms with Gasteiger partial charge in [0.1, 0.15) is 5.75 Å². The van der Waals surface area contributed by atoms with Gasteiger partial charge >= 0.3 is 0 Å². The molecule has 0 aromatic carbocycles. The number of hydrogen-bond donors (Lipinski definition) is 2. The summed E-state index contributed by atoms with van der Waals surface area (Å²) in [4.78, 5) is 4.15. The third-order valence-electron chi connectivity index (χ3n) is 3.10. The molecular formula is C12H18N2O2. The van der Waals surface area contributed by atoms with Gasteiger partial charge in [-0.1, -0.05) is 0 Å². The molecule has 0 amide bonds. The van der Waals surface area contributed by atoms with Crippen molar-refractivity contribution in [1.29, 1.82) is 0 Å². The molecule has 0 spiro atoms. The molecule has 4 heteroatoms. The molecule has 2 rings (SSSR count). The summed E-state index contributed by atoms with van der Waals surface area (Å²) in [5.41, 5.74) is 1.10. The van der Waals surface area contributed by atoms with E-state index in [-0.39, 0.29) is 11.3 Å². The zero-order valence-corrected chi connectivity index (χ0v) is 9.57. The molecule has 0 bridgehead atoms. The Bertz CT molecular complexity index is 331. The van der Waals surface area contributed by atoms with Gasteiger partial charge in [-0.3, -0.25) is 4.98 Å². The topological polar surface area (TPSA) is 54.4 Å². The summed E-state index contributed by atoms with van der Waals surface area (Å²) in [5.74, 6) is 0.209. The van der Waals surface area contributed by atoms with Gasteiger partial charge in [0.05, 0.1) is 11.9 Å². The van der Waals surface area contributed by atoms with Crippen LogP contribution in [0, 0.1) is 0 Å². The van der Waals surface area contributed by atoms with Crippen LogP contribution in [0.5, 0.6) is 5.75 Å². The van der Waals surface area contributed by atoms with Crippen LogP contribution in [0.1, 0.15) is 25.5 Å². The molecule has 1 saturated heterocycles. The molecule has 0 atom stereocenters. The predicted molar refractivity (Wildman–Crippen MR) is 61.2 cm³/mol. The molecule has 2 N–H and O–H groups in total. The first-order valence-corrected chi connectivity index (χ1v) is 5.65. The molecule has 88 valence electrons. The lowest BCUT2D eigenvalue weighted by molar-refractivity contribution is 0.0445. The van der Waals surface area contributed by atoms with E-state index in [1.807, 2.05) is 6.07 Å². The van der Waals surface area contributed by atoms with Crippen LogP contribution in [0.2, 0.25) is 0 Å². The van der Waals surface area contributed by atoms with Crippen molar-refractivity contribution in [3.8, 4) is 5.75 Å². The Morgan fingerprint density at radius 3 is 2.81 bits per heavy atom. The molecule has 0 aliphatic carbocycles. The smallest absolute Gasteiger partial charge is 0.133 e. The third-order valence-corrected chi connectivity index (χ3v) is 3.10. The summed E-state index contributed by atoms with van der Waals surface area (Å²) < 4.78 is 5.34. The molecule has 1 aromatic rings. The molecule has 1 fully saturated rings. The van der Waals surface area contributed by atoms with Crippen LogP contribution in [0.15, 0.2) is 18.3 Å². The van der Waals surface area contributed by atoms with E-state index in [1.54, 1.807) is 6.07 Å². The van der Waals surface area contributed by atoms with E-state index in [9.17, 15) is 0 Å². The number of aromatic hydroxyl groups is 1. The van der Waals surface area contributed by atoms with Crippen molar-refractivity contribution in [3.63, 3.8) is 0 Å². The number of ether oxygens (including phenoxy) is 1. The van der Waals surface area contributed by atoms with Gasteiger partial charge in [0, 0.05) is 25.3 Å². The minimum absolute atomic E-state index is 0.151. The minimum atomic E-state index is 0.151. The van der Waals surface area contributed by atoms with Crippen molar-refractivity contribution in [2.24, 2.45) is 0 Å². The Hall–Kier alpha value is -1.13. The second kappa shape index (κ2) is 4.80. The first kappa shape index (κ1) is 11.4. The van der Waals surface area contributed by atoms with E-state index < -0.39 is 0 Å². The fourth-order valence-electron chi connectivity index (χ4n) is 1.82. The molecule has 0 radical (unpaired) electrons. The Morgan fingerprint density at radius 2 is 2.19 bits per heavy atom. The van der Waals surface area contributed by atoms with E-state index >= 15 is 0 Å². The van der Waals surface area contributed by atoms with Gasteiger partial charge in [0.25, 0.3) is 0 Å². The fourth-order valence-corrected chi connectivity index (χ4v) is 1.82. The van der Waals surface area contributed by atoms with Gasteiger partial charge in [0.15, 0.2) is 0 Å². The van der Waals surface area contributed by atoms with E-state index in [0.717, 1.165) is 38.3 Å². The molecule has 4 nitrogen and oxygen atoms in total. The van der Waals surface area contributed by atoms with E-state index in [0.29, 0.717) is 0 Å². The Morgan fingerprint density at radius 1 is 1.44 bits per heavy atom. The molecule has 0 unspecified atom stereocenters. The van der Waals surface area contributed by atoms with Crippen molar-refractivity contribution in [1.82, 2.24) is 10.3 Å². The number of hydrogen-bond acceptors (Lipinski definition) is 4.